The van der Waals surface area contributed by atoms with Gasteiger partial charge in [0.2, 0.25) is 0 Å². The minimum absolute atomic E-state index is 0.00549. The minimum atomic E-state index is -2.86. The van der Waals surface area contributed by atoms with Gasteiger partial charge in [0.15, 0.2) is 9.84 Å². The number of nitrogens with one attached hydrogen (secondary N) is 1. The highest BCUT2D eigenvalue weighted by Gasteiger charge is 2.70. The molecular weight excluding hydrogens is 616 g/mol. The highest BCUT2D eigenvalue weighted by molar-refractivity contribution is 7.91. The largest absolute Gasteiger partial charge is 0.310 e. The molecule has 4 nitrogen and oxygen atoms in total. The molecule has 266 valence electrons. The number of aryl methyl sites for hydroxylation is 1. The van der Waals surface area contributed by atoms with E-state index in [1.807, 2.05) is 13.0 Å². The van der Waals surface area contributed by atoms with Crippen LogP contribution in [0.15, 0.2) is 36.4 Å². The van der Waals surface area contributed by atoms with E-state index in [9.17, 15) is 12.8 Å². The predicted molar refractivity (Wildman–Crippen MR) is 197 cm³/mol. The van der Waals surface area contributed by atoms with Crippen molar-refractivity contribution in [3.8, 4) is 0 Å². The van der Waals surface area contributed by atoms with Crippen LogP contribution in [0.25, 0.3) is 5.57 Å². The average molecular weight is 679 g/mol. The van der Waals surface area contributed by atoms with E-state index in [1.54, 1.807) is 6.07 Å². The highest BCUT2D eigenvalue weighted by atomic mass is 32.2. The van der Waals surface area contributed by atoms with Crippen LogP contribution < -0.4 is 5.32 Å². The number of fused-ring (bicyclic) bond motifs is 7. The Morgan fingerprint density at radius 3 is 2.38 bits per heavy atom. The van der Waals surface area contributed by atoms with Crippen LogP contribution in [0.2, 0.25) is 0 Å². The van der Waals surface area contributed by atoms with Crippen molar-refractivity contribution in [1.82, 2.24) is 10.2 Å². The average Bonchev–Trinajstić information content (AvgIpc) is 3.40. The molecular formula is C42H63FN2O2S. The molecule has 1 aliphatic heterocycles. The molecule has 1 heterocycles. The fourth-order valence-corrected chi connectivity index (χ4v) is 15.0. The Balaban J connectivity index is 1.16. The lowest BCUT2D eigenvalue weighted by Gasteiger charge is -2.72. The number of allylic oxidation sites excluding steroid dienone is 3. The molecule has 1 aromatic rings. The summed E-state index contributed by atoms with van der Waals surface area (Å²) in [6, 6.07) is 5.88. The maximum absolute atomic E-state index is 14.8. The van der Waals surface area contributed by atoms with E-state index >= 15 is 0 Å². The Bertz CT molecular complexity index is 1590. The second-order valence-electron chi connectivity index (χ2n) is 18.8. The molecule has 48 heavy (non-hydrogen) atoms. The van der Waals surface area contributed by atoms with E-state index in [-0.39, 0.29) is 33.0 Å². The summed E-state index contributed by atoms with van der Waals surface area (Å²) in [5.74, 6) is 3.64. The van der Waals surface area contributed by atoms with Gasteiger partial charge in [0.25, 0.3) is 0 Å². The van der Waals surface area contributed by atoms with Crippen molar-refractivity contribution in [2.45, 2.75) is 112 Å². The Labute approximate surface area is 291 Å². The van der Waals surface area contributed by atoms with Crippen molar-refractivity contribution in [2.24, 2.45) is 51.2 Å². The molecule has 6 aliphatic rings. The van der Waals surface area contributed by atoms with Crippen molar-refractivity contribution < 1.29 is 12.8 Å². The third-order valence-corrected chi connectivity index (χ3v) is 18.1. The van der Waals surface area contributed by atoms with Gasteiger partial charge in [-0.05, 0) is 146 Å². The van der Waals surface area contributed by atoms with E-state index < -0.39 is 9.84 Å². The van der Waals surface area contributed by atoms with Gasteiger partial charge in [-0.15, -0.1) is 0 Å². The van der Waals surface area contributed by atoms with Gasteiger partial charge in [-0.2, -0.15) is 0 Å². The van der Waals surface area contributed by atoms with Crippen LogP contribution in [0.3, 0.4) is 0 Å². The lowest BCUT2D eigenvalue weighted by molar-refractivity contribution is -0.219. The van der Waals surface area contributed by atoms with Gasteiger partial charge >= 0.3 is 0 Å². The molecule has 6 heteroatoms. The van der Waals surface area contributed by atoms with Gasteiger partial charge in [0, 0.05) is 31.7 Å². The summed E-state index contributed by atoms with van der Waals surface area (Å²) in [5.41, 5.74) is 5.47. The number of rotatable bonds is 6. The monoisotopic (exact) mass is 678 g/mol. The summed E-state index contributed by atoms with van der Waals surface area (Å²) >= 11 is 0. The van der Waals surface area contributed by atoms with Crippen LogP contribution in [-0.4, -0.2) is 56.5 Å². The summed E-state index contributed by atoms with van der Waals surface area (Å²) in [7, 11) is -2.86. The number of hydrogen-bond acceptors (Lipinski definition) is 4. The number of nitrogens with zero attached hydrogens (tertiary/aromatic N) is 1. The molecule has 4 saturated carbocycles. The second kappa shape index (κ2) is 11.8. The first-order valence-electron chi connectivity index (χ1n) is 19.3. The van der Waals surface area contributed by atoms with Crippen molar-refractivity contribution in [3.63, 3.8) is 0 Å². The molecule has 1 N–H and O–H groups in total. The first-order valence-corrected chi connectivity index (χ1v) is 21.1. The fourth-order valence-electron chi connectivity index (χ4n) is 13.7. The predicted octanol–water partition coefficient (Wildman–Crippen LogP) is 8.86. The number of benzene rings is 1. The van der Waals surface area contributed by atoms with Crippen molar-refractivity contribution in [2.75, 3.05) is 37.7 Å². The third kappa shape index (κ3) is 5.18. The van der Waals surface area contributed by atoms with Crippen LogP contribution in [0.5, 0.6) is 0 Å². The Hall–Kier alpha value is -1.50. The van der Waals surface area contributed by atoms with Crippen LogP contribution in [0.4, 0.5) is 4.39 Å². The van der Waals surface area contributed by atoms with Crippen molar-refractivity contribution in [1.29, 1.82) is 0 Å². The smallest absolute Gasteiger partial charge is 0.152 e. The summed E-state index contributed by atoms with van der Waals surface area (Å²) < 4.78 is 38.8. The molecule has 0 unspecified atom stereocenters. The molecule has 9 atom stereocenters. The lowest BCUT2D eigenvalue weighted by atomic mass is 9.33. The quantitative estimate of drug-likeness (QED) is 0.306. The molecule has 5 fully saturated rings. The Morgan fingerprint density at radius 1 is 0.958 bits per heavy atom. The van der Waals surface area contributed by atoms with Gasteiger partial charge in [0.05, 0.1) is 11.5 Å². The van der Waals surface area contributed by atoms with E-state index in [0.29, 0.717) is 54.2 Å². The van der Waals surface area contributed by atoms with E-state index in [4.69, 9.17) is 0 Å². The fraction of sp³-hybridized carbons (Fsp3) is 0.762. The standard InChI is InChI=1S/C42H63FN2O2S/c1-28(2)31-13-18-42(44-21-22-45-23-25-48(46,47)26-24-45)20-19-40(7)33(37(31)42)11-12-36-39(6)16-14-32(30-10-9-29(3)34(43)27-30)38(4,5)35(39)15-17-41(36,40)8/h9-10,14,27,31,33,35-37,44H,1,11-13,15-26H2,2-8H3/t31-,33+,35-,36+,37+,39-,40+,41+,42-/m0/s1. The molecule has 0 spiro atoms. The molecule has 0 aromatic heterocycles. The molecule has 5 aliphatic carbocycles. The van der Waals surface area contributed by atoms with Crippen LogP contribution in [0, 0.1) is 64.0 Å². The molecule has 0 bridgehead atoms. The van der Waals surface area contributed by atoms with Gasteiger partial charge in [0.1, 0.15) is 5.82 Å². The highest BCUT2D eigenvalue weighted by Crippen LogP contribution is 2.76. The normalized spacial score (nSPS) is 43.3. The second-order valence-corrected chi connectivity index (χ2v) is 21.1. The van der Waals surface area contributed by atoms with E-state index in [2.05, 4.69) is 70.5 Å². The molecule has 7 rings (SSSR count). The molecule has 1 saturated heterocycles. The number of halogens is 1. The summed E-state index contributed by atoms with van der Waals surface area (Å²) in [4.78, 5) is 2.35. The van der Waals surface area contributed by atoms with Crippen molar-refractivity contribution in [3.05, 3.63) is 53.4 Å². The maximum atomic E-state index is 14.8. The zero-order valence-electron chi connectivity index (χ0n) is 31.1. The number of sulfone groups is 1. The summed E-state index contributed by atoms with van der Waals surface area (Å²) in [6.45, 7) is 24.9. The maximum Gasteiger partial charge on any atom is 0.152 e. The Kier molecular flexibility index (Phi) is 8.56. The van der Waals surface area contributed by atoms with Gasteiger partial charge in [-0.25, -0.2) is 12.8 Å². The number of hydrogen-bond donors (Lipinski definition) is 1. The topological polar surface area (TPSA) is 49.4 Å². The SMILES string of the molecule is C=C(C)[C@@H]1CC[C@]2(NCCN3CCS(=O)(=O)CC3)CC[C@]3(C)[C@H](CC[C@@H]4[C@@]5(C)CC=C(c6ccc(C)c(F)c6)C(C)(C)[C@@H]5CC[C@]43C)[C@@H]12. The van der Waals surface area contributed by atoms with Gasteiger partial charge in [-0.3, -0.25) is 0 Å². The first kappa shape index (κ1) is 34.9. The van der Waals surface area contributed by atoms with E-state index in [0.717, 1.165) is 30.6 Å². The summed E-state index contributed by atoms with van der Waals surface area (Å²) in [6.07, 6.45) is 13.7. The first-order chi connectivity index (χ1) is 22.5. The zero-order valence-corrected chi connectivity index (χ0v) is 31.9. The van der Waals surface area contributed by atoms with Gasteiger partial charge in [-0.1, -0.05) is 65.0 Å². The van der Waals surface area contributed by atoms with Crippen LogP contribution >= 0.6 is 0 Å². The molecule has 1 aromatic carbocycles. The zero-order chi connectivity index (χ0) is 34.5. The van der Waals surface area contributed by atoms with E-state index in [1.165, 1.54) is 62.5 Å². The van der Waals surface area contributed by atoms with Gasteiger partial charge < -0.3 is 10.2 Å². The minimum Gasteiger partial charge on any atom is -0.310 e. The molecule has 0 radical (unpaired) electrons. The molecule has 0 amide bonds. The lowest BCUT2D eigenvalue weighted by Crippen LogP contribution is -2.68. The summed E-state index contributed by atoms with van der Waals surface area (Å²) in [5, 5.41) is 4.21. The van der Waals surface area contributed by atoms with Crippen LogP contribution in [0.1, 0.15) is 110 Å². The Morgan fingerprint density at radius 2 is 1.69 bits per heavy atom. The van der Waals surface area contributed by atoms with Crippen LogP contribution in [-0.2, 0) is 9.84 Å². The third-order valence-electron chi connectivity index (χ3n) is 16.5. The van der Waals surface area contributed by atoms with Crippen molar-refractivity contribution >= 4 is 15.4 Å².